The molecular formula is C15H15ClN6. The van der Waals surface area contributed by atoms with Crippen LogP contribution in [0.1, 0.15) is 18.2 Å². The molecule has 0 aliphatic heterocycles. The molecule has 0 bridgehead atoms. The highest BCUT2D eigenvalue weighted by Gasteiger charge is 2.09. The minimum absolute atomic E-state index is 0.140. The highest BCUT2D eigenvalue weighted by Crippen LogP contribution is 2.10. The van der Waals surface area contributed by atoms with Crippen molar-refractivity contribution in [2.75, 3.05) is 0 Å². The number of halogens is 1. The summed E-state index contributed by atoms with van der Waals surface area (Å²) in [6, 6.07) is 7.53. The second-order valence-electron chi connectivity index (χ2n) is 4.84. The Balaban J connectivity index is 2.15. The van der Waals surface area contributed by atoms with Gasteiger partial charge in [-0.3, -0.25) is 10.1 Å². The number of rotatable bonds is 2. The summed E-state index contributed by atoms with van der Waals surface area (Å²) in [6.07, 6.45) is 1.83. The fourth-order valence-corrected chi connectivity index (χ4v) is 2.42. The fourth-order valence-electron chi connectivity index (χ4n) is 2.24. The number of benzene rings is 1. The van der Waals surface area contributed by atoms with Crippen LogP contribution in [0.5, 0.6) is 0 Å². The zero-order chi connectivity index (χ0) is 15.7. The maximum Gasteiger partial charge on any atom is 0.202 e. The van der Waals surface area contributed by atoms with E-state index in [0.29, 0.717) is 11.1 Å². The largest absolute Gasteiger partial charge is 0.314 e. The summed E-state index contributed by atoms with van der Waals surface area (Å²) in [5, 5.41) is 13.6. The summed E-state index contributed by atoms with van der Waals surface area (Å²) < 4.78 is 1.79. The van der Waals surface area contributed by atoms with E-state index in [1.807, 2.05) is 44.3 Å². The van der Waals surface area contributed by atoms with Gasteiger partial charge < -0.3 is 4.98 Å². The van der Waals surface area contributed by atoms with Crippen molar-refractivity contribution in [2.45, 2.75) is 20.4 Å². The number of hydrogen-bond donors (Lipinski definition) is 2. The van der Waals surface area contributed by atoms with E-state index in [0.717, 1.165) is 23.1 Å². The normalized spacial score (nSPS) is 12.0. The predicted octanol–water partition coefficient (Wildman–Crippen LogP) is 2.67. The van der Waals surface area contributed by atoms with Crippen LogP contribution >= 0.6 is 11.6 Å². The van der Waals surface area contributed by atoms with Crippen molar-refractivity contribution in [1.82, 2.24) is 19.7 Å². The van der Waals surface area contributed by atoms with Crippen LogP contribution in [0.3, 0.4) is 0 Å². The Hall–Kier alpha value is -2.47. The van der Waals surface area contributed by atoms with Gasteiger partial charge in [-0.25, -0.2) is 9.98 Å². The molecular weight excluding hydrogens is 300 g/mol. The molecule has 0 saturated heterocycles. The van der Waals surface area contributed by atoms with Crippen LogP contribution in [0.15, 0.2) is 35.5 Å². The Bertz CT molecular complexity index is 921. The molecule has 2 aromatic heterocycles. The van der Waals surface area contributed by atoms with Crippen molar-refractivity contribution in [3.63, 3.8) is 0 Å². The molecule has 1 aromatic carbocycles. The van der Waals surface area contributed by atoms with Crippen LogP contribution in [0.25, 0.3) is 10.9 Å². The molecule has 0 amide bonds. The number of hydrogen-bond acceptors (Lipinski definition) is 3. The average Bonchev–Trinajstić information content (AvgIpc) is 2.88. The number of aryl methyl sites for hydroxylation is 2. The average molecular weight is 315 g/mol. The van der Waals surface area contributed by atoms with Gasteiger partial charge in [0.1, 0.15) is 5.49 Å². The molecule has 2 heterocycles. The van der Waals surface area contributed by atoms with Crippen molar-refractivity contribution < 1.29 is 0 Å². The van der Waals surface area contributed by atoms with Gasteiger partial charge in [0.2, 0.25) is 5.28 Å². The topological polar surface area (TPSA) is 82.7 Å². The molecule has 0 aliphatic carbocycles. The van der Waals surface area contributed by atoms with Gasteiger partial charge in [-0.05, 0) is 37.6 Å². The molecule has 0 radical (unpaired) electrons. The zero-order valence-electron chi connectivity index (χ0n) is 12.3. The Kier molecular flexibility index (Phi) is 3.77. The van der Waals surface area contributed by atoms with Crippen molar-refractivity contribution in [3.8, 4) is 0 Å². The first-order valence-corrected chi connectivity index (χ1v) is 7.28. The second kappa shape index (κ2) is 5.73. The van der Waals surface area contributed by atoms with Gasteiger partial charge in [0, 0.05) is 18.1 Å². The van der Waals surface area contributed by atoms with Crippen LogP contribution < -0.4 is 5.49 Å². The van der Waals surface area contributed by atoms with Gasteiger partial charge >= 0.3 is 0 Å². The molecule has 22 heavy (non-hydrogen) atoms. The van der Waals surface area contributed by atoms with E-state index >= 15 is 0 Å². The van der Waals surface area contributed by atoms with Crippen LogP contribution in [0.2, 0.25) is 5.28 Å². The Morgan fingerprint density at radius 3 is 2.91 bits per heavy atom. The smallest absolute Gasteiger partial charge is 0.202 e. The van der Waals surface area contributed by atoms with Crippen LogP contribution in [-0.4, -0.2) is 25.6 Å². The molecule has 0 saturated carbocycles. The first-order chi connectivity index (χ1) is 10.6. The third kappa shape index (κ3) is 2.65. The monoisotopic (exact) mass is 314 g/mol. The highest BCUT2D eigenvalue weighted by atomic mass is 35.5. The van der Waals surface area contributed by atoms with E-state index < -0.39 is 0 Å². The first kappa shape index (κ1) is 14.5. The number of aromatic nitrogens is 4. The lowest BCUT2D eigenvalue weighted by atomic mass is 10.2. The Morgan fingerprint density at radius 1 is 1.41 bits per heavy atom. The number of para-hydroxylation sites is 1. The maximum absolute atomic E-state index is 8.24. The van der Waals surface area contributed by atoms with Gasteiger partial charge in [-0.15, -0.1) is 0 Å². The Morgan fingerprint density at radius 2 is 2.18 bits per heavy atom. The first-order valence-electron chi connectivity index (χ1n) is 6.90. The summed E-state index contributed by atoms with van der Waals surface area (Å²) in [5.74, 6) is 0.140. The SMILES string of the molecule is CCn1cc(C(=N)/N=c2\[nH]c(Cl)nc3ccccc23)c(C)n1. The quantitative estimate of drug-likeness (QED) is 0.433. The predicted molar refractivity (Wildman–Crippen MR) is 86.1 cm³/mol. The lowest BCUT2D eigenvalue weighted by molar-refractivity contribution is 0.653. The van der Waals surface area contributed by atoms with E-state index in [1.165, 1.54) is 0 Å². The van der Waals surface area contributed by atoms with E-state index in [-0.39, 0.29) is 11.1 Å². The fraction of sp³-hybridized carbons (Fsp3) is 0.200. The molecule has 0 atom stereocenters. The minimum Gasteiger partial charge on any atom is -0.314 e. The Labute approximate surface area is 132 Å². The second-order valence-corrected chi connectivity index (χ2v) is 5.20. The number of amidine groups is 1. The van der Waals surface area contributed by atoms with E-state index in [2.05, 4.69) is 20.1 Å². The van der Waals surface area contributed by atoms with Gasteiger partial charge in [0.05, 0.1) is 16.8 Å². The number of H-pyrrole nitrogens is 1. The van der Waals surface area contributed by atoms with Gasteiger partial charge in [0.25, 0.3) is 0 Å². The minimum atomic E-state index is 0.140. The van der Waals surface area contributed by atoms with Gasteiger partial charge in [-0.2, -0.15) is 5.10 Å². The molecule has 3 rings (SSSR count). The molecule has 0 aliphatic rings. The number of aromatic amines is 1. The summed E-state index contributed by atoms with van der Waals surface area (Å²) >= 11 is 6.00. The molecule has 7 heteroatoms. The zero-order valence-corrected chi connectivity index (χ0v) is 13.0. The highest BCUT2D eigenvalue weighted by molar-refractivity contribution is 6.28. The van der Waals surface area contributed by atoms with Crippen molar-refractivity contribution in [2.24, 2.45) is 4.99 Å². The van der Waals surface area contributed by atoms with Crippen LogP contribution in [-0.2, 0) is 6.54 Å². The third-order valence-electron chi connectivity index (χ3n) is 3.35. The molecule has 112 valence electrons. The van der Waals surface area contributed by atoms with E-state index in [4.69, 9.17) is 17.0 Å². The molecule has 0 fully saturated rings. The standard InChI is InChI=1S/C15H15ClN6/c1-3-22-8-11(9(2)21-22)13(17)19-14-10-6-4-5-7-12(10)18-15(16)20-14/h4-8H,3H2,1-2H3,(H2,17,18,19,20). The van der Waals surface area contributed by atoms with Gasteiger partial charge in [-0.1, -0.05) is 12.1 Å². The van der Waals surface area contributed by atoms with Crippen molar-refractivity contribution >= 4 is 28.3 Å². The summed E-state index contributed by atoms with van der Waals surface area (Å²) in [4.78, 5) is 11.5. The number of nitrogens with one attached hydrogen (secondary N) is 2. The van der Waals surface area contributed by atoms with Crippen molar-refractivity contribution in [1.29, 1.82) is 5.41 Å². The van der Waals surface area contributed by atoms with Gasteiger partial charge in [0.15, 0.2) is 5.84 Å². The number of fused-ring (bicyclic) bond motifs is 1. The summed E-state index contributed by atoms with van der Waals surface area (Å²) in [7, 11) is 0. The number of nitrogens with zero attached hydrogens (tertiary/aromatic N) is 4. The lowest BCUT2D eigenvalue weighted by Gasteiger charge is -2.00. The van der Waals surface area contributed by atoms with Crippen LogP contribution in [0.4, 0.5) is 0 Å². The van der Waals surface area contributed by atoms with Crippen molar-refractivity contribution in [3.05, 3.63) is 52.5 Å². The molecule has 0 unspecified atom stereocenters. The summed E-state index contributed by atoms with van der Waals surface area (Å²) in [6.45, 7) is 4.62. The maximum atomic E-state index is 8.24. The third-order valence-corrected chi connectivity index (χ3v) is 3.53. The van der Waals surface area contributed by atoms with E-state index in [9.17, 15) is 0 Å². The lowest BCUT2D eigenvalue weighted by Crippen LogP contribution is -2.14. The van der Waals surface area contributed by atoms with Crippen LogP contribution in [0, 0.1) is 12.3 Å². The molecule has 6 nitrogen and oxygen atoms in total. The van der Waals surface area contributed by atoms with E-state index in [1.54, 1.807) is 4.68 Å². The molecule has 3 aromatic rings. The molecule has 2 N–H and O–H groups in total. The molecule has 0 spiro atoms. The summed E-state index contributed by atoms with van der Waals surface area (Å²) in [5.41, 5.74) is 2.73.